The van der Waals surface area contributed by atoms with Gasteiger partial charge in [-0.25, -0.2) is 8.42 Å². The average Bonchev–Trinajstić information content (AvgIpc) is 3.26. The number of carbonyl (C=O) groups excluding carboxylic acids is 3. The molecule has 11 heteroatoms. The Morgan fingerprint density at radius 3 is 1.92 bits per heavy atom. The summed E-state index contributed by atoms with van der Waals surface area (Å²) in [5, 5.41) is 5.87. The highest BCUT2D eigenvalue weighted by Gasteiger charge is 2.36. The highest BCUT2D eigenvalue weighted by molar-refractivity contribution is 7.91. The topological polar surface area (TPSA) is 128 Å². The third-order valence-corrected chi connectivity index (χ3v) is 13.9. The van der Waals surface area contributed by atoms with Crippen molar-refractivity contribution in [3.8, 4) is 11.5 Å². The molecule has 9 nitrogen and oxygen atoms in total. The molecule has 0 saturated carbocycles. The number of benzene rings is 5. The molecule has 0 fully saturated rings. The first-order valence-corrected chi connectivity index (χ1v) is 23.4. The van der Waals surface area contributed by atoms with Crippen molar-refractivity contribution < 1.29 is 32.3 Å². The molecule has 2 N–H and O–H groups in total. The van der Waals surface area contributed by atoms with Crippen LogP contribution in [0.2, 0.25) is 5.02 Å². The Labute approximate surface area is 378 Å². The molecule has 0 heterocycles. The third kappa shape index (κ3) is 12.4. The van der Waals surface area contributed by atoms with Crippen molar-refractivity contribution in [3.05, 3.63) is 143 Å². The van der Waals surface area contributed by atoms with Crippen LogP contribution in [0.5, 0.6) is 11.5 Å². The van der Waals surface area contributed by atoms with Crippen molar-refractivity contribution in [2.45, 2.75) is 121 Å². The molecular weight excluding hydrogens is 832 g/mol. The molecule has 0 radical (unpaired) electrons. The zero-order chi connectivity index (χ0) is 46.2. The summed E-state index contributed by atoms with van der Waals surface area (Å²) in [5.41, 5.74) is 3.36. The summed E-state index contributed by atoms with van der Waals surface area (Å²) in [6.07, 6.45) is 2.63. The van der Waals surface area contributed by atoms with Crippen LogP contribution in [0.1, 0.15) is 116 Å². The van der Waals surface area contributed by atoms with Gasteiger partial charge in [-0.15, -0.1) is 0 Å². The van der Waals surface area contributed by atoms with Gasteiger partial charge >= 0.3 is 0 Å². The van der Waals surface area contributed by atoms with Gasteiger partial charge in [0.15, 0.2) is 5.78 Å². The fourth-order valence-corrected chi connectivity index (χ4v) is 8.25. The van der Waals surface area contributed by atoms with Crippen molar-refractivity contribution in [2.75, 3.05) is 17.2 Å². The van der Waals surface area contributed by atoms with Crippen molar-refractivity contribution in [1.82, 2.24) is 0 Å². The summed E-state index contributed by atoms with van der Waals surface area (Å²) in [5.74, 6) is -1.22. The maximum absolute atomic E-state index is 14.0. The molecule has 0 aliphatic rings. The number of hydrogen-bond acceptors (Lipinski definition) is 7. The Hall–Kier alpha value is -5.45. The third-order valence-electron chi connectivity index (χ3n) is 11.7. The first kappa shape index (κ1) is 48.6. The lowest BCUT2D eigenvalue weighted by molar-refractivity contribution is -0.133. The minimum absolute atomic E-state index is 0.000000554. The Bertz CT molecular complexity index is 2490. The van der Waals surface area contributed by atoms with E-state index in [2.05, 4.69) is 64.3 Å². The lowest BCUT2D eigenvalue weighted by atomic mass is 9.76. The molecule has 5 aromatic carbocycles. The maximum Gasteiger partial charge on any atom is 0.239 e. The second kappa shape index (κ2) is 20.4. The molecule has 0 spiro atoms. The zero-order valence-electron chi connectivity index (χ0n) is 37.9. The molecule has 2 amide bonds. The number of anilines is 2. The average molecular weight is 894 g/mol. The van der Waals surface area contributed by atoms with Gasteiger partial charge in [0, 0.05) is 23.1 Å². The summed E-state index contributed by atoms with van der Waals surface area (Å²) in [6.45, 7) is 19.1. The van der Waals surface area contributed by atoms with Gasteiger partial charge in [-0.3, -0.25) is 14.4 Å². The summed E-state index contributed by atoms with van der Waals surface area (Å²) in [6, 6.07) is 32.7. The predicted octanol–water partition coefficient (Wildman–Crippen LogP) is 12.3. The van der Waals surface area contributed by atoms with E-state index in [1.54, 1.807) is 51.1 Å². The predicted molar refractivity (Wildman–Crippen MR) is 253 cm³/mol. The number of halogens is 1. The van der Waals surface area contributed by atoms with Crippen molar-refractivity contribution in [3.63, 3.8) is 0 Å². The van der Waals surface area contributed by atoms with E-state index < -0.39 is 27.1 Å². The number of ketones is 1. The standard InChI is InChI=1S/C52H61ClN2O7S/c1-10-51(6,7)37-21-30-45(42(32-37)52(8,9)11-2)61-31-15-18-46(56)54-38-22-29-43(53)44(33-38)55-49(58)47(48(57)50(3,4)5)36-19-25-40(26-20-36)63(59,60)41-27-23-39(24-28-41)62-34-35-16-13-12-14-17-35/h12-14,16-17,19-30,32-33,47H,10-11,15,18,31,34H2,1-9H3,(H,54,56)(H,55,58). The van der Waals surface area contributed by atoms with Crippen LogP contribution in [0, 0.1) is 5.41 Å². The molecule has 1 atom stereocenters. The van der Waals surface area contributed by atoms with E-state index in [9.17, 15) is 22.8 Å². The Kier molecular flexibility index (Phi) is 15.7. The van der Waals surface area contributed by atoms with Crippen molar-refractivity contribution in [1.29, 1.82) is 0 Å². The molecular formula is C52H61ClN2O7S. The Morgan fingerprint density at radius 1 is 0.698 bits per heavy atom. The molecule has 0 aliphatic heterocycles. The maximum atomic E-state index is 14.0. The molecule has 5 aromatic rings. The molecule has 0 aromatic heterocycles. The Balaban J connectivity index is 1.24. The number of carbonyl (C=O) groups is 3. The van der Waals surface area contributed by atoms with Crippen LogP contribution >= 0.6 is 11.6 Å². The van der Waals surface area contributed by atoms with E-state index >= 15 is 0 Å². The molecule has 0 saturated heterocycles. The minimum atomic E-state index is -3.94. The van der Waals surface area contributed by atoms with Crippen LogP contribution in [0.25, 0.3) is 0 Å². The van der Waals surface area contributed by atoms with Gasteiger partial charge in [0.2, 0.25) is 21.7 Å². The highest BCUT2D eigenvalue weighted by Crippen LogP contribution is 2.39. The van der Waals surface area contributed by atoms with Crippen LogP contribution in [0.15, 0.2) is 125 Å². The smallest absolute Gasteiger partial charge is 0.239 e. The second-order valence-electron chi connectivity index (χ2n) is 18.2. The molecule has 0 bridgehead atoms. The van der Waals surface area contributed by atoms with E-state index in [1.807, 2.05) is 36.4 Å². The summed E-state index contributed by atoms with van der Waals surface area (Å²) >= 11 is 6.54. The lowest BCUT2D eigenvalue weighted by Gasteiger charge is -2.30. The van der Waals surface area contributed by atoms with Crippen LogP contribution in [-0.4, -0.2) is 32.6 Å². The summed E-state index contributed by atoms with van der Waals surface area (Å²) in [4.78, 5) is 41.0. The minimum Gasteiger partial charge on any atom is -0.493 e. The van der Waals surface area contributed by atoms with Crippen LogP contribution in [0.3, 0.4) is 0 Å². The SMILES string of the molecule is CCC(C)(C)c1ccc(OCCCC(=O)Nc2ccc(Cl)c(NC(=O)C(C(=O)C(C)(C)C)c3ccc(S(=O)(=O)c4ccc(OCc5ccccc5)cc4)cc3)c2)c(C(C)(C)CC)c1. The van der Waals surface area contributed by atoms with E-state index in [-0.39, 0.29) is 49.4 Å². The van der Waals surface area contributed by atoms with E-state index in [4.69, 9.17) is 21.1 Å². The first-order valence-electron chi connectivity index (χ1n) is 21.5. The van der Waals surface area contributed by atoms with Gasteiger partial charge in [-0.2, -0.15) is 0 Å². The molecule has 334 valence electrons. The second-order valence-corrected chi connectivity index (χ2v) is 20.6. The largest absolute Gasteiger partial charge is 0.493 e. The van der Waals surface area contributed by atoms with Gasteiger partial charge in [-0.1, -0.05) is 129 Å². The Morgan fingerprint density at radius 2 is 1.32 bits per heavy atom. The molecule has 0 aliphatic carbocycles. The lowest BCUT2D eigenvalue weighted by Crippen LogP contribution is -2.35. The normalized spacial score (nSPS) is 12.6. The number of Topliss-reactive ketones (excluding diaryl/α,β-unsaturated/α-hetero) is 1. The van der Waals surface area contributed by atoms with Crippen molar-refractivity contribution >= 4 is 50.4 Å². The summed E-state index contributed by atoms with van der Waals surface area (Å²) in [7, 11) is -3.94. The number of nitrogens with one attached hydrogen (secondary N) is 2. The number of rotatable bonds is 19. The molecule has 1 unspecified atom stereocenters. The van der Waals surface area contributed by atoms with Crippen LogP contribution < -0.4 is 20.1 Å². The van der Waals surface area contributed by atoms with Crippen LogP contribution in [0.4, 0.5) is 11.4 Å². The fraction of sp³-hybridized carbons (Fsp3) is 0.365. The monoisotopic (exact) mass is 892 g/mol. The van der Waals surface area contributed by atoms with Gasteiger partial charge in [0.05, 0.1) is 27.1 Å². The van der Waals surface area contributed by atoms with Gasteiger partial charge < -0.3 is 20.1 Å². The highest BCUT2D eigenvalue weighted by atomic mass is 35.5. The first-order chi connectivity index (χ1) is 29.7. The van der Waals surface area contributed by atoms with Gasteiger partial charge in [-0.05, 0) is 107 Å². The molecule has 5 rings (SSSR count). The number of ether oxygens (including phenoxy) is 2. The fourth-order valence-electron chi connectivity index (χ4n) is 6.83. The summed E-state index contributed by atoms with van der Waals surface area (Å²) < 4.78 is 39.3. The van der Waals surface area contributed by atoms with Crippen molar-refractivity contribution in [2.24, 2.45) is 5.41 Å². The van der Waals surface area contributed by atoms with Gasteiger partial charge in [0.1, 0.15) is 24.0 Å². The number of amides is 2. The van der Waals surface area contributed by atoms with Crippen LogP contribution in [-0.2, 0) is 41.7 Å². The molecule has 63 heavy (non-hydrogen) atoms. The van der Waals surface area contributed by atoms with Gasteiger partial charge in [0.25, 0.3) is 0 Å². The van der Waals surface area contributed by atoms with E-state index in [1.165, 1.54) is 42.0 Å². The quantitative estimate of drug-likeness (QED) is 0.0624. The zero-order valence-corrected chi connectivity index (χ0v) is 39.5. The van der Waals surface area contributed by atoms with E-state index in [0.717, 1.165) is 29.7 Å². The number of hydrogen-bond donors (Lipinski definition) is 2. The number of sulfone groups is 1. The van der Waals surface area contributed by atoms with E-state index in [0.29, 0.717) is 36.6 Å².